The van der Waals surface area contributed by atoms with Crippen LogP contribution in [-0.4, -0.2) is 60.9 Å². The number of rotatable bonds is 13. The van der Waals surface area contributed by atoms with Crippen LogP contribution in [0.4, 0.5) is 5.82 Å². The fraction of sp³-hybridized carbons (Fsp3) is 0.800. The van der Waals surface area contributed by atoms with Crippen molar-refractivity contribution < 1.29 is 24.9 Å². The predicted octanol–water partition coefficient (Wildman–Crippen LogP) is 1.11. The van der Waals surface area contributed by atoms with E-state index in [4.69, 9.17) is 9.84 Å². The molecule has 0 radical (unpaired) electrons. The lowest BCUT2D eigenvalue weighted by molar-refractivity contribution is -0.116. The molecular formula is C20H34N4O6. The zero-order valence-corrected chi connectivity index (χ0v) is 17.6. The van der Waals surface area contributed by atoms with E-state index in [-0.39, 0.29) is 11.7 Å². The first kappa shape index (κ1) is 24.4. The zero-order chi connectivity index (χ0) is 21.9. The lowest BCUT2D eigenvalue weighted by Gasteiger charge is -2.15. The number of nitrogens with one attached hydrogen (secondary N) is 1. The van der Waals surface area contributed by atoms with Crippen molar-refractivity contribution in [3.05, 3.63) is 16.7 Å². The van der Waals surface area contributed by atoms with Gasteiger partial charge in [0, 0.05) is 6.42 Å². The molecule has 10 nitrogen and oxygen atoms in total. The maximum Gasteiger partial charge on any atom is 0.368 e. The van der Waals surface area contributed by atoms with Crippen molar-refractivity contribution >= 4 is 11.7 Å². The van der Waals surface area contributed by atoms with Crippen molar-refractivity contribution in [1.29, 1.82) is 0 Å². The predicted molar refractivity (Wildman–Crippen MR) is 110 cm³/mol. The molecule has 4 N–H and O–H groups in total. The van der Waals surface area contributed by atoms with E-state index in [9.17, 15) is 19.8 Å². The summed E-state index contributed by atoms with van der Waals surface area (Å²) in [6.45, 7) is 1.69. The molecule has 2 rings (SSSR count). The summed E-state index contributed by atoms with van der Waals surface area (Å²) in [6, 6.07) is 0. The quantitative estimate of drug-likeness (QED) is 0.343. The van der Waals surface area contributed by atoms with Crippen LogP contribution in [-0.2, 0) is 9.53 Å². The number of amides is 1. The molecule has 0 bridgehead atoms. The smallest absolute Gasteiger partial charge is 0.368 e. The standard InChI is InChI=1S/C20H34N4O6/c1-2-3-4-5-6-7-8-9-10-11-16(26)22-15-12-21-24(20(29)23-15)19-18(28)17(27)14(13-25)30-19/h12,14,17-19,25,27-28H,2-11,13H2,1H3,(H,22,23,26,29). The molecule has 10 heteroatoms. The SMILES string of the molecule is CCCCCCCCCCCC(=O)Nc1cnn(C2OC(CO)C(O)C2O)c(=O)n1. The average molecular weight is 427 g/mol. The Hall–Kier alpha value is -1.88. The Morgan fingerprint density at radius 2 is 1.73 bits per heavy atom. The van der Waals surface area contributed by atoms with E-state index < -0.39 is 36.8 Å². The number of hydrogen-bond donors (Lipinski definition) is 4. The second kappa shape index (κ2) is 12.7. The molecule has 0 spiro atoms. The highest BCUT2D eigenvalue weighted by Gasteiger charge is 2.44. The normalized spacial score (nSPS) is 23.6. The van der Waals surface area contributed by atoms with Crippen molar-refractivity contribution in [2.75, 3.05) is 11.9 Å². The van der Waals surface area contributed by atoms with Crippen LogP contribution < -0.4 is 11.0 Å². The Kier molecular flexibility index (Phi) is 10.4. The van der Waals surface area contributed by atoms with Gasteiger partial charge in [0.05, 0.1) is 12.8 Å². The lowest BCUT2D eigenvalue weighted by atomic mass is 10.1. The molecule has 0 aliphatic carbocycles. The summed E-state index contributed by atoms with van der Waals surface area (Å²) in [6.07, 6.45) is 6.90. The number of hydrogen-bond acceptors (Lipinski definition) is 8. The minimum Gasteiger partial charge on any atom is -0.394 e. The molecule has 4 atom stereocenters. The number of carbonyl (C=O) groups is 1. The number of aromatic nitrogens is 3. The molecule has 1 aliphatic heterocycles. The van der Waals surface area contributed by atoms with Gasteiger partial charge in [-0.15, -0.1) is 0 Å². The summed E-state index contributed by atoms with van der Waals surface area (Å²) >= 11 is 0. The van der Waals surface area contributed by atoms with E-state index in [0.717, 1.165) is 23.9 Å². The third-order valence-electron chi connectivity index (χ3n) is 5.25. The first-order chi connectivity index (χ1) is 14.5. The van der Waals surface area contributed by atoms with Gasteiger partial charge in [0.25, 0.3) is 0 Å². The summed E-state index contributed by atoms with van der Waals surface area (Å²) in [5, 5.41) is 35.3. The van der Waals surface area contributed by atoms with Gasteiger partial charge in [0.15, 0.2) is 12.0 Å². The minimum atomic E-state index is -1.43. The molecule has 1 aromatic heterocycles. The Labute approximate surface area is 176 Å². The molecule has 1 fully saturated rings. The fourth-order valence-corrected chi connectivity index (χ4v) is 3.47. The van der Waals surface area contributed by atoms with Crippen LogP contribution in [0.15, 0.2) is 11.0 Å². The summed E-state index contributed by atoms with van der Waals surface area (Å²) in [5.41, 5.74) is -0.842. The highest BCUT2D eigenvalue weighted by molar-refractivity contribution is 5.89. The maximum absolute atomic E-state index is 12.2. The van der Waals surface area contributed by atoms with Gasteiger partial charge in [-0.05, 0) is 6.42 Å². The monoisotopic (exact) mass is 426 g/mol. The van der Waals surface area contributed by atoms with Gasteiger partial charge in [0.1, 0.15) is 18.3 Å². The highest BCUT2D eigenvalue weighted by Crippen LogP contribution is 2.27. The molecule has 1 saturated heterocycles. The fourth-order valence-electron chi connectivity index (χ4n) is 3.47. The molecule has 4 unspecified atom stereocenters. The summed E-state index contributed by atoms with van der Waals surface area (Å²) < 4.78 is 6.04. The van der Waals surface area contributed by atoms with Gasteiger partial charge >= 0.3 is 5.69 Å². The van der Waals surface area contributed by atoms with Gasteiger partial charge in [-0.1, -0.05) is 58.3 Å². The maximum atomic E-state index is 12.2. The van der Waals surface area contributed by atoms with Crippen molar-refractivity contribution in [3.8, 4) is 0 Å². The summed E-state index contributed by atoms with van der Waals surface area (Å²) in [4.78, 5) is 28.0. The van der Waals surface area contributed by atoms with E-state index in [1.165, 1.54) is 44.7 Å². The number of carbonyl (C=O) groups excluding carboxylic acids is 1. The topological polar surface area (TPSA) is 147 Å². The molecule has 1 amide bonds. The van der Waals surface area contributed by atoms with Crippen LogP contribution in [0, 0.1) is 0 Å². The summed E-state index contributed by atoms with van der Waals surface area (Å²) in [7, 11) is 0. The number of nitrogens with zero attached hydrogens (tertiary/aromatic N) is 3. The number of ether oxygens (including phenoxy) is 1. The van der Waals surface area contributed by atoms with E-state index >= 15 is 0 Å². The van der Waals surface area contributed by atoms with E-state index in [1.807, 2.05) is 0 Å². The van der Waals surface area contributed by atoms with Crippen LogP contribution in [0.5, 0.6) is 0 Å². The Balaban J connectivity index is 1.73. The van der Waals surface area contributed by atoms with E-state index in [2.05, 4.69) is 22.3 Å². The number of aliphatic hydroxyl groups is 3. The third-order valence-corrected chi connectivity index (χ3v) is 5.25. The largest absolute Gasteiger partial charge is 0.394 e. The van der Waals surface area contributed by atoms with Crippen LogP contribution in [0.1, 0.15) is 77.4 Å². The molecular weight excluding hydrogens is 392 g/mol. The molecule has 170 valence electrons. The molecule has 0 aromatic carbocycles. The van der Waals surface area contributed by atoms with Crippen molar-refractivity contribution in [3.63, 3.8) is 0 Å². The van der Waals surface area contributed by atoms with Crippen LogP contribution >= 0.6 is 0 Å². The van der Waals surface area contributed by atoms with E-state index in [1.54, 1.807) is 0 Å². The van der Waals surface area contributed by atoms with Gasteiger partial charge < -0.3 is 25.4 Å². The highest BCUT2D eigenvalue weighted by atomic mass is 16.6. The van der Waals surface area contributed by atoms with Crippen molar-refractivity contribution in [1.82, 2.24) is 14.8 Å². The molecule has 1 aromatic rings. The second-order valence-electron chi connectivity index (χ2n) is 7.72. The van der Waals surface area contributed by atoms with Crippen LogP contribution in [0.3, 0.4) is 0 Å². The molecule has 0 saturated carbocycles. The van der Waals surface area contributed by atoms with Crippen molar-refractivity contribution in [2.24, 2.45) is 0 Å². The number of anilines is 1. The summed E-state index contributed by atoms with van der Waals surface area (Å²) in [5.74, 6) is -0.221. The van der Waals surface area contributed by atoms with Gasteiger partial charge in [-0.3, -0.25) is 4.79 Å². The lowest BCUT2D eigenvalue weighted by Crippen LogP contribution is -2.37. The average Bonchev–Trinajstić information content (AvgIpc) is 3.01. The van der Waals surface area contributed by atoms with Gasteiger partial charge in [-0.25, -0.2) is 4.79 Å². The first-order valence-corrected chi connectivity index (χ1v) is 10.9. The van der Waals surface area contributed by atoms with Crippen LogP contribution in [0.2, 0.25) is 0 Å². The van der Waals surface area contributed by atoms with Gasteiger partial charge in [0.2, 0.25) is 5.91 Å². The molecule has 30 heavy (non-hydrogen) atoms. The Bertz CT molecular complexity index is 713. The van der Waals surface area contributed by atoms with Crippen LogP contribution in [0.25, 0.3) is 0 Å². The first-order valence-electron chi connectivity index (χ1n) is 10.9. The number of unbranched alkanes of at least 4 members (excludes halogenated alkanes) is 8. The Morgan fingerprint density at radius 3 is 2.30 bits per heavy atom. The van der Waals surface area contributed by atoms with E-state index in [0.29, 0.717) is 6.42 Å². The minimum absolute atomic E-state index is 0.0175. The van der Waals surface area contributed by atoms with Crippen molar-refractivity contribution in [2.45, 2.75) is 95.7 Å². The molecule has 2 heterocycles. The second-order valence-corrected chi connectivity index (χ2v) is 7.72. The molecule has 1 aliphatic rings. The number of aliphatic hydroxyl groups excluding tert-OH is 3. The third kappa shape index (κ3) is 7.12. The zero-order valence-electron chi connectivity index (χ0n) is 17.6. The van der Waals surface area contributed by atoms with Gasteiger partial charge in [-0.2, -0.15) is 14.8 Å². The Morgan fingerprint density at radius 1 is 1.10 bits per heavy atom.